The van der Waals surface area contributed by atoms with Crippen molar-refractivity contribution in [2.45, 2.75) is 6.04 Å². The zero-order chi connectivity index (χ0) is 13.3. The lowest BCUT2D eigenvalue weighted by atomic mass is 9.99. The number of nitrogens with two attached hydrogens (primary N) is 1. The van der Waals surface area contributed by atoms with Gasteiger partial charge >= 0.3 is 0 Å². The van der Waals surface area contributed by atoms with E-state index in [1.54, 1.807) is 24.3 Å². The van der Waals surface area contributed by atoms with Crippen molar-refractivity contribution in [2.24, 2.45) is 5.73 Å². The molecule has 0 aliphatic rings. The summed E-state index contributed by atoms with van der Waals surface area (Å²) in [5, 5.41) is 1.76. The molecule has 1 nitrogen and oxygen atoms in total. The highest BCUT2D eigenvalue weighted by Gasteiger charge is 2.16. The Hall–Kier alpha value is -0.250. The van der Waals surface area contributed by atoms with Gasteiger partial charge in [0.1, 0.15) is 0 Å². The van der Waals surface area contributed by atoms with Crippen molar-refractivity contribution in [1.82, 2.24) is 0 Å². The second-order valence-corrected chi connectivity index (χ2v) is 5.98. The smallest absolute Gasteiger partial charge is 0.0582 e. The molecule has 0 spiro atoms. The summed E-state index contributed by atoms with van der Waals surface area (Å²) in [6.45, 7) is 0. The van der Waals surface area contributed by atoms with Crippen LogP contribution in [0.15, 0.2) is 40.9 Å². The van der Waals surface area contributed by atoms with Crippen molar-refractivity contribution >= 4 is 50.7 Å². The molecule has 2 rings (SSSR count). The van der Waals surface area contributed by atoms with Crippen molar-refractivity contribution in [1.29, 1.82) is 0 Å². The van der Waals surface area contributed by atoms with Crippen LogP contribution in [-0.4, -0.2) is 0 Å². The van der Waals surface area contributed by atoms with Crippen LogP contribution < -0.4 is 5.73 Å². The standard InChI is InChI=1S/C13H9BrCl3N/c14-7-1-3-11(16)9(5-7)13(18)10-6-8(15)2-4-12(10)17/h1-6,13H,18H2. The van der Waals surface area contributed by atoms with Crippen LogP contribution in [-0.2, 0) is 0 Å². The van der Waals surface area contributed by atoms with E-state index >= 15 is 0 Å². The van der Waals surface area contributed by atoms with Crippen molar-refractivity contribution < 1.29 is 0 Å². The summed E-state index contributed by atoms with van der Waals surface area (Å²) in [5.41, 5.74) is 7.76. The molecule has 2 aromatic rings. The molecule has 0 aliphatic carbocycles. The lowest BCUT2D eigenvalue weighted by molar-refractivity contribution is 0.871. The SMILES string of the molecule is NC(c1cc(Cl)ccc1Cl)c1cc(Br)ccc1Cl. The monoisotopic (exact) mass is 363 g/mol. The van der Waals surface area contributed by atoms with Crippen molar-refractivity contribution in [3.05, 3.63) is 67.1 Å². The summed E-state index contributed by atoms with van der Waals surface area (Å²) in [5.74, 6) is 0. The number of hydrogen-bond donors (Lipinski definition) is 1. The number of halogens is 4. The van der Waals surface area contributed by atoms with Gasteiger partial charge in [-0.25, -0.2) is 0 Å². The summed E-state index contributed by atoms with van der Waals surface area (Å²) in [6.07, 6.45) is 0. The molecule has 0 saturated heterocycles. The largest absolute Gasteiger partial charge is 0.320 e. The fourth-order valence-electron chi connectivity index (χ4n) is 1.67. The molecule has 2 aromatic carbocycles. The Morgan fingerprint density at radius 2 is 1.44 bits per heavy atom. The van der Waals surface area contributed by atoms with Gasteiger partial charge in [0, 0.05) is 19.5 Å². The Labute approximate surface area is 129 Å². The minimum atomic E-state index is -0.416. The Kier molecular flexibility index (Phi) is 4.57. The van der Waals surface area contributed by atoms with Crippen LogP contribution in [0.4, 0.5) is 0 Å². The van der Waals surface area contributed by atoms with E-state index in [0.29, 0.717) is 15.1 Å². The number of benzene rings is 2. The molecule has 0 fully saturated rings. The predicted octanol–water partition coefficient (Wildman–Crippen LogP) is 5.46. The summed E-state index contributed by atoms with van der Waals surface area (Å²) >= 11 is 21.7. The van der Waals surface area contributed by atoms with E-state index in [1.807, 2.05) is 12.1 Å². The zero-order valence-corrected chi connectivity index (χ0v) is 13.0. The fraction of sp³-hybridized carbons (Fsp3) is 0.0769. The summed E-state index contributed by atoms with van der Waals surface area (Å²) in [6, 6.07) is 10.3. The highest BCUT2D eigenvalue weighted by Crippen LogP contribution is 2.33. The van der Waals surface area contributed by atoms with Gasteiger partial charge in [-0.05, 0) is 47.5 Å². The van der Waals surface area contributed by atoms with Crippen LogP contribution in [0.3, 0.4) is 0 Å². The molecular formula is C13H9BrCl3N. The second kappa shape index (κ2) is 5.81. The lowest BCUT2D eigenvalue weighted by Gasteiger charge is -2.16. The van der Waals surface area contributed by atoms with Gasteiger partial charge in [-0.3, -0.25) is 0 Å². The molecule has 1 unspecified atom stereocenters. The molecule has 0 aromatic heterocycles. The highest BCUT2D eigenvalue weighted by atomic mass is 79.9. The first-order chi connectivity index (χ1) is 8.49. The Balaban J connectivity index is 2.50. The Morgan fingerprint density at radius 1 is 0.889 bits per heavy atom. The van der Waals surface area contributed by atoms with Gasteiger partial charge in [-0.2, -0.15) is 0 Å². The maximum absolute atomic E-state index is 6.21. The van der Waals surface area contributed by atoms with E-state index in [1.165, 1.54) is 0 Å². The van der Waals surface area contributed by atoms with E-state index in [9.17, 15) is 0 Å². The molecule has 0 amide bonds. The molecule has 0 bridgehead atoms. The summed E-state index contributed by atoms with van der Waals surface area (Å²) in [4.78, 5) is 0. The maximum Gasteiger partial charge on any atom is 0.0582 e. The molecule has 18 heavy (non-hydrogen) atoms. The first-order valence-corrected chi connectivity index (χ1v) is 7.07. The van der Waals surface area contributed by atoms with E-state index in [2.05, 4.69) is 15.9 Å². The average Bonchev–Trinajstić information content (AvgIpc) is 2.34. The maximum atomic E-state index is 6.21. The predicted molar refractivity (Wildman–Crippen MR) is 81.6 cm³/mol. The molecule has 5 heteroatoms. The van der Waals surface area contributed by atoms with Crippen LogP contribution in [0.5, 0.6) is 0 Å². The molecular weight excluding hydrogens is 356 g/mol. The minimum absolute atomic E-state index is 0.416. The van der Waals surface area contributed by atoms with Crippen LogP contribution in [0.1, 0.15) is 17.2 Å². The average molecular weight is 365 g/mol. The molecule has 0 saturated carbocycles. The van der Waals surface area contributed by atoms with Crippen LogP contribution in [0.25, 0.3) is 0 Å². The van der Waals surface area contributed by atoms with Gasteiger partial charge in [0.05, 0.1) is 6.04 Å². The topological polar surface area (TPSA) is 26.0 Å². The molecule has 2 N–H and O–H groups in total. The van der Waals surface area contributed by atoms with Crippen LogP contribution in [0.2, 0.25) is 15.1 Å². The van der Waals surface area contributed by atoms with Crippen molar-refractivity contribution in [2.75, 3.05) is 0 Å². The van der Waals surface area contributed by atoms with E-state index in [-0.39, 0.29) is 0 Å². The highest BCUT2D eigenvalue weighted by molar-refractivity contribution is 9.10. The van der Waals surface area contributed by atoms with Gasteiger partial charge < -0.3 is 5.73 Å². The number of hydrogen-bond acceptors (Lipinski definition) is 1. The lowest BCUT2D eigenvalue weighted by Crippen LogP contribution is -2.13. The van der Waals surface area contributed by atoms with Gasteiger partial charge in [0.25, 0.3) is 0 Å². The number of rotatable bonds is 2. The third-order valence-corrected chi connectivity index (χ3v) is 4.00. The minimum Gasteiger partial charge on any atom is -0.320 e. The Morgan fingerprint density at radius 3 is 2.11 bits per heavy atom. The molecule has 94 valence electrons. The normalized spacial score (nSPS) is 12.5. The van der Waals surface area contributed by atoms with Gasteiger partial charge in [0.2, 0.25) is 0 Å². The van der Waals surface area contributed by atoms with E-state index in [4.69, 9.17) is 40.5 Å². The van der Waals surface area contributed by atoms with E-state index in [0.717, 1.165) is 15.6 Å². The molecule has 1 atom stereocenters. The van der Waals surface area contributed by atoms with Crippen molar-refractivity contribution in [3.8, 4) is 0 Å². The summed E-state index contributed by atoms with van der Waals surface area (Å²) < 4.78 is 0.913. The summed E-state index contributed by atoms with van der Waals surface area (Å²) in [7, 11) is 0. The van der Waals surface area contributed by atoms with Crippen LogP contribution >= 0.6 is 50.7 Å². The van der Waals surface area contributed by atoms with Crippen molar-refractivity contribution in [3.63, 3.8) is 0 Å². The van der Waals surface area contributed by atoms with Gasteiger partial charge in [-0.1, -0.05) is 50.7 Å². The van der Waals surface area contributed by atoms with Gasteiger partial charge in [0.15, 0.2) is 0 Å². The van der Waals surface area contributed by atoms with Gasteiger partial charge in [-0.15, -0.1) is 0 Å². The first-order valence-electron chi connectivity index (χ1n) is 5.14. The van der Waals surface area contributed by atoms with Crippen LogP contribution in [0, 0.1) is 0 Å². The third kappa shape index (κ3) is 3.01. The molecule has 0 heterocycles. The van der Waals surface area contributed by atoms with E-state index < -0.39 is 6.04 Å². The zero-order valence-electron chi connectivity index (χ0n) is 9.13. The first kappa shape index (κ1) is 14.2. The fourth-order valence-corrected chi connectivity index (χ4v) is 2.70. The molecule has 0 radical (unpaired) electrons. The molecule has 0 aliphatic heterocycles. The Bertz CT molecular complexity index is 535. The quantitative estimate of drug-likeness (QED) is 0.752. The second-order valence-electron chi connectivity index (χ2n) is 3.81. The third-order valence-electron chi connectivity index (χ3n) is 2.59.